The smallest absolute Gasteiger partial charge is 0.338 e. The highest BCUT2D eigenvalue weighted by atomic mass is 79.9. The highest BCUT2D eigenvalue weighted by Gasteiger charge is 2.11. The molecule has 17 heavy (non-hydrogen) atoms. The van der Waals surface area contributed by atoms with Gasteiger partial charge >= 0.3 is 11.9 Å². The number of methoxy groups -OCH3 is 2. The normalized spacial score (nSPS) is 9.82. The van der Waals surface area contributed by atoms with Gasteiger partial charge in [0.1, 0.15) is 0 Å². The molecule has 0 aliphatic rings. The van der Waals surface area contributed by atoms with Crippen LogP contribution in [-0.4, -0.2) is 26.2 Å². The fourth-order valence-corrected chi connectivity index (χ4v) is 1.93. The van der Waals surface area contributed by atoms with Gasteiger partial charge in [0.2, 0.25) is 0 Å². The van der Waals surface area contributed by atoms with E-state index in [0.717, 1.165) is 5.56 Å². The molecule has 0 bridgehead atoms. The van der Waals surface area contributed by atoms with Crippen LogP contribution in [-0.2, 0) is 20.7 Å². The molecule has 0 fully saturated rings. The zero-order valence-electron chi connectivity index (χ0n) is 9.66. The predicted molar refractivity (Wildman–Crippen MR) is 65.8 cm³/mol. The maximum absolute atomic E-state index is 11.3. The van der Waals surface area contributed by atoms with Gasteiger partial charge in [-0.3, -0.25) is 4.79 Å². The van der Waals surface area contributed by atoms with Gasteiger partial charge in [-0.05, 0) is 40.0 Å². The van der Waals surface area contributed by atoms with E-state index < -0.39 is 5.97 Å². The number of carbonyl (C=O) groups excluding carboxylic acids is 2. The summed E-state index contributed by atoms with van der Waals surface area (Å²) in [6.45, 7) is 0. The molecule has 4 nitrogen and oxygen atoms in total. The molecule has 0 heterocycles. The van der Waals surface area contributed by atoms with Crippen LogP contribution in [0.25, 0.3) is 0 Å². The van der Waals surface area contributed by atoms with Crippen molar-refractivity contribution in [2.45, 2.75) is 12.8 Å². The molecule has 1 rings (SSSR count). The zero-order valence-corrected chi connectivity index (χ0v) is 11.2. The summed E-state index contributed by atoms with van der Waals surface area (Å²) in [6.07, 6.45) is 0.896. The number of hydrogen-bond donors (Lipinski definition) is 0. The van der Waals surface area contributed by atoms with Crippen LogP contribution in [0, 0.1) is 0 Å². The standard InChI is InChI=1S/C12H13BrO4/c1-16-11(14)6-4-8-3-5-9(10(13)7-8)12(15)17-2/h3,5,7H,4,6H2,1-2H3. The van der Waals surface area contributed by atoms with Crippen LogP contribution < -0.4 is 0 Å². The molecule has 0 amide bonds. The lowest BCUT2D eigenvalue weighted by molar-refractivity contribution is -0.140. The summed E-state index contributed by atoms with van der Waals surface area (Å²) in [6, 6.07) is 5.26. The lowest BCUT2D eigenvalue weighted by Gasteiger charge is -2.05. The Bertz CT molecular complexity index is 429. The second-order valence-electron chi connectivity index (χ2n) is 3.38. The van der Waals surface area contributed by atoms with Crippen molar-refractivity contribution in [3.63, 3.8) is 0 Å². The summed E-state index contributed by atoms with van der Waals surface area (Å²) < 4.78 is 9.85. The van der Waals surface area contributed by atoms with Crippen LogP contribution >= 0.6 is 15.9 Å². The molecule has 0 aromatic heterocycles. The molecule has 0 saturated heterocycles. The van der Waals surface area contributed by atoms with Crippen molar-refractivity contribution >= 4 is 27.9 Å². The fourth-order valence-electron chi connectivity index (χ4n) is 1.34. The molecule has 0 N–H and O–H groups in total. The number of benzene rings is 1. The second kappa shape index (κ2) is 6.39. The monoisotopic (exact) mass is 300 g/mol. The molecule has 0 saturated carbocycles. The largest absolute Gasteiger partial charge is 0.469 e. The van der Waals surface area contributed by atoms with Gasteiger partial charge < -0.3 is 9.47 Å². The first kappa shape index (κ1) is 13.7. The van der Waals surface area contributed by atoms with E-state index in [1.165, 1.54) is 14.2 Å². The van der Waals surface area contributed by atoms with E-state index in [9.17, 15) is 9.59 Å². The third kappa shape index (κ3) is 3.85. The van der Waals surface area contributed by atoms with Crippen molar-refractivity contribution in [1.29, 1.82) is 0 Å². The molecule has 0 spiro atoms. The molecular weight excluding hydrogens is 288 g/mol. The van der Waals surface area contributed by atoms with E-state index in [-0.39, 0.29) is 5.97 Å². The zero-order chi connectivity index (χ0) is 12.8. The Labute approximate surface area is 108 Å². The number of hydrogen-bond acceptors (Lipinski definition) is 4. The third-order valence-electron chi connectivity index (χ3n) is 2.28. The summed E-state index contributed by atoms with van der Waals surface area (Å²) in [7, 11) is 2.69. The van der Waals surface area contributed by atoms with Gasteiger partial charge in [-0.25, -0.2) is 4.79 Å². The van der Waals surface area contributed by atoms with Gasteiger partial charge in [0.05, 0.1) is 19.8 Å². The molecule has 1 aromatic carbocycles. The van der Waals surface area contributed by atoms with E-state index >= 15 is 0 Å². The first-order chi connectivity index (χ1) is 8.08. The van der Waals surface area contributed by atoms with Crippen molar-refractivity contribution in [2.75, 3.05) is 14.2 Å². The number of ether oxygens (including phenoxy) is 2. The quantitative estimate of drug-likeness (QED) is 0.801. The van der Waals surface area contributed by atoms with Crippen molar-refractivity contribution in [3.05, 3.63) is 33.8 Å². The van der Waals surface area contributed by atoms with Crippen LogP contribution in [0.3, 0.4) is 0 Å². The SMILES string of the molecule is COC(=O)CCc1ccc(C(=O)OC)c(Br)c1. The Hall–Kier alpha value is -1.36. The van der Waals surface area contributed by atoms with Crippen LogP contribution in [0.2, 0.25) is 0 Å². The summed E-state index contributed by atoms with van der Waals surface area (Å²) >= 11 is 3.30. The van der Waals surface area contributed by atoms with Crippen molar-refractivity contribution in [3.8, 4) is 0 Å². The van der Waals surface area contributed by atoms with Crippen LogP contribution in [0.4, 0.5) is 0 Å². The van der Waals surface area contributed by atoms with E-state index in [2.05, 4.69) is 25.4 Å². The van der Waals surface area contributed by atoms with Gasteiger partial charge in [0.25, 0.3) is 0 Å². The molecule has 0 atom stereocenters. The third-order valence-corrected chi connectivity index (χ3v) is 2.94. The molecule has 0 aliphatic heterocycles. The summed E-state index contributed by atoms with van der Waals surface area (Å²) in [5.41, 5.74) is 1.42. The number of esters is 2. The molecule has 0 radical (unpaired) electrons. The van der Waals surface area contributed by atoms with E-state index in [1.807, 2.05) is 0 Å². The number of halogens is 1. The maximum atomic E-state index is 11.3. The average Bonchev–Trinajstić information content (AvgIpc) is 2.35. The lowest BCUT2D eigenvalue weighted by Crippen LogP contribution is -2.04. The first-order valence-corrected chi connectivity index (χ1v) is 5.81. The number of aryl methyl sites for hydroxylation is 1. The Morgan fingerprint density at radius 3 is 2.47 bits per heavy atom. The second-order valence-corrected chi connectivity index (χ2v) is 4.24. The van der Waals surface area contributed by atoms with E-state index in [4.69, 9.17) is 0 Å². The van der Waals surface area contributed by atoms with Gasteiger partial charge in [0, 0.05) is 10.9 Å². The number of rotatable bonds is 4. The fraction of sp³-hybridized carbons (Fsp3) is 0.333. The Morgan fingerprint density at radius 1 is 1.24 bits per heavy atom. The minimum absolute atomic E-state index is 0.252. The van der Waals surface area contributed by atoms with E-state index in [0.29, 0.717) is 22.9 Å². The number of carbonyl (C=O) groups is 2. The van der Waals surface area contributed by atoms with Gasteiger partial charge in [-0.1, -0.05) is 6.07 Å². The van der Waals surface area contributed by atoms with Crippen LogP contribution in [0.1, 0.15) is 22.3 Å². The van der Waals surface area contributed by atoms with Crippen LogP contribution in [0.5, 0.6) is 0 Å². The Balaban J connectivity index is 2.75. The highest BCUT2D eigenvalue weighted by Crippen LogP contribution is 2.20. The Morgan fingerprint density at radius 2 is 1.94 bits per heavy atom. The molecule has 92 valence electrons. The molecule has 5 heteroatoms. The highest BCUT2D eigenvalue weighted by molar-refractivity contribution is 9.10. The lowest BCUT2D eigenvalue weighted by atomic mass is 10.1. The molecule has 1 aromatic rings. The topological polar surface area (TPSA) is 52.6 Å². The maximum Gasteiger partial charge on any atom is 0.338 e. The van der Waals surface area contributed by atoms with Crippen molar-refractivity contribution < 1.29 is 19.1 Å². The molecule has 0 aliphatic carbocycles. The first-order valence-electron chi connectivity index (χ1n) is 5.02. The predicted octanol–water partition coefficient (Wildman–Crippen LogP) is 2.34. The summed E-state index contributed by atoms with van der Waals surface area (Å²) in [5, 5.41) is 0. The molecular formula is C12H13BrO4. The summed E-state index contributed by atoms with van der Waals surface area (Å²) in [4.78, 5) is 22.3. The Kier molecular flexibility index (Phi) is 5.15. The van der Waals surface area contributed by atoms with Crippen molar-refractivity contribution in [1.82, 2.24) is 0 Å². The summed E-state index contributed by atoms with van der Waals surface area (Å²) in [5.74, 6) is -0.644. The van der Waals surface area contributed by atoms with E-state index in [1.54, 1.807) is 18.2 Å². The van der Waals surface area contributed by atoms with Gasteiger partial charge in [-0.2, -0.15) is 0 Å². The van der Waals surface area contributed by atoms with Crippen molar-refractivity contribution in [2.24, 2.45) is 0 Å². The minimum atomic E-state index is -0.392. The van der Waals surface area contributed by atoms with Crippen LogP contribution in [0.15, 0.2) is 22.7 Å². The minimum Gasteiger partial charge on any atom is -0.469 e. The van der Waals surface area contributed by atoms with Gasteiger partial charge in [-0.15, -0.1) is 0 Å². The average molecular weight is 301 g/mol. The van der Waals surface area contributed by atoms with Gasteiger partial charge in [0.15, 0.2) is 0 Å². The molecule has 0 unspecified atom stereocenters.